The second kappa shape index (κ2) is 10.9. The molecule has 0 aliphatic carbocycles. The van der Waals surface area contributed by atoms with Crippen molar-refractivity contribution in [3.8, 4) is 11.4 Å². The summed E-state index contributed by atoms with van der Waals surface area (Å²) in [4.78, 5) is 12.4. The predicted octanol–water partition coefficient (Wildman–Crippen LogP) is 4.89. The zero-order chi connectivity index (χ0) is 23.0. The van der Waals surface area contributed by atoms with E-state index < -0.39 is 0 Å². The van der Waals surface area contributed by atoms with Gasteiger partial charge in [-0.15, -0.1) is 10.2 Å². The molecule has 0 saturated heterocycles. The quantitative estimate of drug-likeness (QED) is 0.361. The number of benzene rings is 3. The number of aromatic nitrogens is 3. The molecule has 33 heavy (non-hydrogen) atoms. The molecule has 0 radical (unpaired) electrons. The fourth-order valence-electron chi connectivity index (χ4n) is 3.52. The molecule has 0 unspecified atom stereocenters. The van der Waals surface area contributed by atoms with Crippen LogP contribution in [0.5, 0.6) is 0 Å². The van der Waals surface area contributed by atoms with Crippen molar-refractivity contribution < 1.29 is 9.18 Å². The first-order valence-corrected chi connectivity index (χ1v) is 11.8. The molecule has 1 amide bonds. The minimum atomic E-state index is -0.301. The molecule has 4 rings (SSSR count). The van der Waals surface area contributed by atoms with Gasteiger partial charge < -0.3 is 5.32 Å². The average molecular weight is 461 g/mol. The molecular formula is C26H25FN4OS. The van der Waals surface area contributed by atoms with E-state index >= 15 is 0 Å². The van der Waals surface area contributed by atoms with Crippen LogP contribution in [-0.4, -0.2) is 33.0 Å². The zero-order valence-electron chi connectivity index (χ0n) is 18.4. The Hall–Kier alpha value is -3.45. The Kier molecular flexibility index (Phi) is 7.52. The first-order chi connectivity index (χ1) is 16.1. The van der Waals surface area contributed by atoms with Crippen LogP contribution in [0.15, 0.2) is 84.0 Å². The number of thioether (sulfide) groups is 1. The lowest BCUT2D eigenvalue weighted by Gasteiger charge is -2.11. The van der Waals surface area contributed by atoms with Crippen LogP contribution in [0.4, 0.5) is 4.39 Å². The molecular weight excluding hydrogens is 435 g/mol. The molecule has 0 atom stereocenters. The van der Waals surface area contributed by atoms with Crippen molar-refractivity contribution in [1.29, 1.82) is 0 Å². The van der Waals surface area contributed by atoms with E-state index in [1.807, 2.05) is 47.0 Å². The Morgan fingerprint density at radius 2 is 1.70 bits per heavy atom. The fourth-order valence-corrected chi connectivity index (χ4v) is 4.29. The normalized spacial score (nSPS) is 10.8. The van der Waals surface area contributed by atoms with Crippen molar-refractivity contribution in [1.82, 2.24) is 20.1 Å². The number of carbonyl (C=O) groups excluding carboxylic acids is 1. The Morgan fingerprint density at radius 3 is 2.45 bits per heavy atom. The Bertz CT molecular complexity index is 1210. The molecule has 3 aromatic carbocycles. The molecule has 1 aromatic heterocycles. The third-order valence-electron chi connectivity index (χ3n) is 5.31. The van der Waals surface area contributed by atoms with Crippen molar-refractivity contribution in [2.45, 2.75) is 25.0 Å². The molecule has 0 fully saturated rings. The highest BCUT2D eigenvalue weighted by molar-refractivity contribution is 7.99. The number of hydrogen-bond acceptors (Lipinski definition) is 4. The summed E-state index contributed by atoms with van der Waals surface area (Å²) < 4.78 is 15.4. The van der Waals surface area contributed by atoms with Crippen molar-refractivity contribution in [2.24, 2.45) is 0 Å². The van der Waals surface area contributed by atoms with Crippen LogP contribution in [0.1, 0.15) is 16.7 Å². The number of rotatable bonds is 9. The van der Waals surface area contributed by atoms with Crippen LogP contribution in [0.2, 0.25) is 0 Å². The summed E-state index contributed by atoms with van der Waals surface area (Å²) in [6.45, 7) is 3.21. The van der Waals surface area contributed by atoms with Crippen molar-refractivity contribution in [2.75, 3.05) is 12.3 Å². The fraction of sp³-hybridized carbons (Fsp3) is 0.192. The summed E-state index contributed by atoms with van der Waals surface area (Å²) in [6.07, 6.45) is 0.794. The van der Waals surface area contributed by atoms with Crippen LogP contribution in [0, 0.1) is 12.7 Å². The Labute approximate surface area is 197 Å². The molecule has 1 heterocycles. The van der Waals surface area contributed by atoms with Crippen molar-refractivity contribution >= 4 is 17.7 Å². The maximum absolute atomic E-state index is 13.4. The van der Waals surface area contributed by atoms with Crippen LogP contribution in [0.25, 0.3) is 11.4 Å². The number of nitrogens with one attached hydrogen (secondary N) is 1. The zero-order valence-corrected chi connectivity index (χ0v) is 19.2. The smallest absolute Gasteiger partial charge is 0.230 e. The molecule has 0 spiro atoms. The number of amides is 1. The van der Waals surface area contributed by atoms with Gasteiger partial charge in [0.2, 0.25) is 5.91 Å². The summed E-state index contributed by atoms with van der Waals surface area (Å²) in [7, 11) is 0. The second-order valence-electron chi connectivity index (χ2n) is 7.70. The Balaban J connectivity index is 1.43. The minimum absolute atomic E-state index is 0.0498. The van der Waals surface area contributed by atoms with Gasteiger partial charge in [0.1, 0.15) is 5.82 Å². The maximum atomic E-state index is 13.4. The van der Waals surface area contributed by atoms with Crippen LogP contribution < -0.4 is 5.32 Å². The third-order valence-corrected chi connectivity index (χ3v) is 6.28. The lowest BCUT2D eigenvalue weighted by atomic mass is 10.1. The van der Waals surface area contributed by atoms with E-state index in [2.05, 4.69) is 34.6 Å². The molecule has 0 aliphatic rings. The number of aryl methyl sites for hydroxylation is 1. The maximum Gasteiger partial charge on any atom is 0.230 e. The predicted molar refractivity (Wildman–Crippen MR) is 130 cm³/mol. The number of carbonyl (C=O) groups is 1. The van der Waals surface area contributed by atoms with E-state index in [0.717, 1.165) is 17.5 Å². The molecule has 5 nitrogen and oxygen atoms in total. The Morgan fingerprint density at radius 1 is 0.970 bits per heavy atom. The first-order valence-electron chi connectivity index (χ1n) is 10.8. The summed E-state index contributed by atoms with van der Waals surface area (Å²) in [6, 6.07) is 24.4. The summed E-state index contributed by atoms with van der Waals surface area (Å²) in [5.74, 6) is 0.529. The van der Waals surface area contributed by atoms with Gasteiger partial charge in [0.05, 0.1) is 12.3 Å². The second-order valence-corrected chi connectivity index (χ2v) is 8.64. The van der Waals surface area contributed by atoms with Crippen LogP contribution >= 0.6 is 11.8 Å². The van der Waals surface area contributed by atoms with Gasteiger partial charge in [-0.05, 0) is 54.3 Å². The van der Waals surface area contributed by atoms with Crippen LogP contribution in [0.3, 0.4) is 0 Å². The SMILES string of the molecule is Cc1ccccc1CCNC(=O)CSc1nnc(-c2ccc(F)cc2)n1Cc1ccccc1. The minimum Gasteiger partial charge on any atom is -0.355 e. The van der Waals surface area contributed by atoms with Gasteiger partial charge in [-0.2, -0.15) is 0 Å². The largest absolute Gasteiger partial charge is 0.355 e. The van der Waals surface area contributed by atoms with E-state index in [1.165, 1.54) is 35.0 Å². The van der Waals surface area contributed by atoms with Crippen molar-refractivity contribution in [3.63, 3.8) is 0 Å². The van der Waals surface area contributed by atoms with Gasteiger partial charge in [0, 0.05) is 12.1 Å². The summed E-state index contributed by atoms with van der Waals surface area (Å²) in [5, 5.41) is 12.3. The summed E-state index contributed by atoms with van der Waals surface area (Å²) in [5.41, 5.74) is 4.32. The highest BCUT2D eigenvalue weighted by Crippen LogP contribution is 2.25. The summed E-state index contributed by atoms with van der Waals surface area (Å²) >= 11 is 1.35. The molecule has 0 bridgehead atoms. The number of nitrogens with zero attached hydrogens (tertiary/aromatic N) is 3. The molecule has 1 N–H and O–H groups in total. The van der Waals surface area contributed by atoms with E-state index in [1.54, 1.807) is 12.1 Å². The van der Waals surface area contributed by atoms with E-state index in [0.29, 0.717) is 24.1 Å². The monoisotopic (exact) mass is 460 g/mol. The van der Waals surface area contributed by atoms with Gasteiger partial charge in [-0.1, -0.05) is 66.4 Å². The lowest BCUT2D eigenvalue weighted by molar-refractivity contribution is -0.118. The topological polar surface area (TPSA) is 59.8 Å². The van der Waals surface area contributed by atoms with Gasteiger partial charge >= 0.3 is 0 Å². The standard InChI is InChI=1S/C26H25FN4OS/c1-19-7-5-6-10-21(19)15-16-28-24(32)18-33-26-30-29-25(22-11-13-23(27)14-12-22)31(26)17-20-8-3-2-4-9-20/h2-14H,15-18H2,1H3,(H,28,32). The highest BCUT2D eigenvalue weighted by Gasteiger charge is 2.16. The third kappa shape index (κ3) is 6.08. The average Bonchev–Trinajstić information content (AvgIpc) is 3.22. The molecule has 168 valence electrons. The van der Waals surface area contributed by atoms with E-state index in [9.17, 15) is 9.18 Å². The van der Waals surface area contributed by atoms with Gasteiger partial charge in [-0.3, -0.25) is 9.36 Å². The van der Waals surface area contributed by atoms with Gasteiger partial charge in [-0.25, -0.2) is 4.39 Å². The number of hydrogen-bond donors (Lipinski definition) is 1. The first kappa shape index (κ1) is 22.7. The van der Waals surface area contributed by atoms with E-state index in [4.69, 9.17) is 0 Å². The van der Waals surface area contributed by atoms with Gasteiger partial charge in [0.15, 0.2) is 11.0 Å². The molecule has 0 aliphatic heterocycles. The molecule has 4 aromatic rings. The number of halogens is 1. The van der Waals surface area contributed by atoms with Crippen LogP contribution in [-0.2, 0) is 17.8 Å². The molecule has 0 saturated carbocycles. The van der Waals surface area contributed by atoms with E-state index in [-0.39, 0.29) is 17.5 Å². The van der Waals surface area contributed by atoms with Gasteiger partial charge in [0.25, 0.3) is 0 Å². The highest BCUT2D eigenvalue weighted by atomic mass is 32.2. The molecule has 7 heteroatoms. The lowest BCUT2D eigenvalue weighted by Crippen LogP contribution is -2.27. The van der Waals surface area contributed by atoms with Crippen molar-refractivity contribution in [3.05, 3.63) is 101 Å².